The highest BCUT2D eigenvalue weighted by atomic mass is 79.9. The number of aromatic nitrogens is 3. The van der Waals surface area contributed by atoms with Gasteiger partial charge in [0.05, 0.1) is 7.11 Å². The van der Waals surface area contributed by atoms with Gasteiger partial charge < -0.3 is 15.8 Å². The molecule has 2 heterocycles. The first-order valence-corrected chi connectivity index (χ1v) is 5.99. The van der Waals surface area contributed by atoms with Crippen LogP contribution in [0.4, 0.5) is 11.8 Å². The molecule has 2 aromatic rings. The third-order valence-electron chi connectivity index (χ3n) is 2.17. The lowest BCUT2D eigenvalue weighted by Crippen LogP contribution is -2.05. The van der Waals surface area contributed by atoms with E-state index in [1.165, 1.54) is 0 Å². The molecule has 0 unspecified atom stereocenters. The fraction of sp³-hybridized carbons (Fsp3) is 0.182. The smallest absolute Gasteiger partial charge is 0.225 e. The van der Waals surface area contributed by atoms with E-state index in [0.717, 1.165) is 5.56 Å². The topological polar surface area (TPSA) is 86.0 Å². The minimum atomic E-state index is 0.409. The van der Waals surface area contributed by atoms with E-state index in [1.807, 2.05) is 6.07 Å². The fourth-order valence-electron chi connectivity index (χ4n) is 1.33. The zero-order chi connectivity index (χ0) is 13.0. The molecule has 0 fully saturated rings. The summed E-state index contributed by atoms with van der Waals surface area (Å²) in [6.45, 7) is 0.562. The first-order chi connectivity index (χ1) is 8.67. The molecule has 94 valence electrons. The number of nitrogen functional groups attached to an aromatic ring is 1. The Kier molecular flexibility index (Phi) is 3.93. The molecule has 0 radical (unpaired) electrons. The van der Waals surface area contributed by atoms with Gasteiger partial charge >= 0.3 is 0 Å². The molecule has 0 bridgehead atoms. The van der Waals surface area contributed by atoms with E-state index in [-0.39, 0.29) is 0 Å². The Bertz CT molecular complexity index is 511. The van der Waals surface area contributed by atoms with Gasteiger partial charge in [0, 0.05) is 24.9 Å². The number of ether oxygens (including phenoxy) is 1. The van der Waals surface area contributed by atoms with Crippen molar-refractivity contribution in [3.8, 4) is 5.88 Å². The molecule has 0 saturated heterocycles. The summed E-state index contributed by atoms with van der Waals surface area (Å²) in [7, 11) is 1.58. The average Bonchev–Trinajstić information content (AvgIpc) is 2.36. The Morgan fingerprint density at radius 1 is 1.39 bits per heavy atom. The SMILES string of the molecule is COc1ccc(CNc2nc(N)cc(Br)n2)cn1. The van der Waals surface area contributed by atoms with Crippen LogP contribution in [0.25, 0.3) is 0 Å². The van der Waals surface area contributed by atoms with Crippen LogP contribution < -0.4 is 15.8 Å². The number of hydrogen-bond donors (Lipinski definition) is 2. The van der Waals surface area contributed by atoms with E-state index in [2.05, 4.69) is 36.2 Å². The molecule has 2 aromatic heterocycles. The molecule has 7 heteroatoms. The lowest BCUT2D eigenvalue weighted by atomic mass is 10.3. The molecule has 0 aliphatic rings. The van der Waals surface area contributed by atoms with Gasteiger partial charge in [-0.3, -0.25) is 0 Å². The van der Waals surface area contributed by atoms with Crippen LogP contribution in [0, 0.1) is 0 Å². The summed E-state index contributed by atoms with van der Waals surface area (Å²) >= 11 is 3.26. The van der Waals surface area contributed by atoms with Gasteiger partial charge in [0.1, 0.15) is 10.4 Å². The maximum absolute atomic E-state index is 5.62. The lowest BCUT2D eigenvalue weighted by Gasteiger charge is -2.06. The molecule has 0 saturated carbocycles. The zero-order valence-electron chi connectivity index (χ0n) is 9.72. The van der Waals surface area contributed by atoms with Gasteiger partial charge in [-0.25, -0.2) is 9.97 Å². The van der Waals surface area contributed by atoms with Crippen LogP contribution in [0.1, 0.15) is 5.56 Å². The number of halogens is 1. The van der Waals surface area contributed by atoms with Crippen molar-refractivity contribution in [3.05, 3.63) is 34.6 Å². The van der Waals surface area contributed by atoms with E-state index in [1.54, 1.807) is 25.4 Å². The first-order valence-electron chi connectivity index (χ1n) is 5.20. The number of nitrogens with two attached hydrogens (primary N) is 1. The molecule has 0 amide bonds. The quantitative estimate of drug-likeness (QED) is 0.838. The molecule has 2 rings (SSSR count). The highest BCUT2D eigenvalue weighted by Gasteiger charge is 2.01. The molecule has 0 aromatic carbocycles. The number of rotatable bonds is 4. The van der Waals surface area contributed by atoms with Crippen LogP contribution in [0.5, 0.6) is 5.88 Å². The minimum Gasteiger partial charge on any atom is -0.481 e. The summed E-state index contributed by atoms with van der Waals surface area (Å²) in [4.78, 5) is 12.3. The minimum absolute atomic E-state index is 0.409. The first kappa shape index (κ1) is 12.6. The van der Waals surface area contributed by atoms with Crippen molar-refractivity contribution >= 4 is 27.7 Å². The van der Waals surface area contributed by atoms with Crippen LogP contribution in [-0.2, 0) is 6.54 Å². The fourth-order valence-corrected chi connectivity index (χ4v) is 1.73. The van der Waals surface area contributed by atoms with Gasteiger partial charge in [0.25, 0.3) is 0 Å². The van der Waals surface area contributed by atoms with Crippen molar-refractivity contribution in [2.24, 2.45) is 0 Å². The summed E-state index contributed by atoms with van der Waals surface area (Å²) in [6.07, 6.45) is 1.73. The predicted octanol–water partition coefficient (Wildman–Crippen LogP) is 1.84. The van der Waals surface area contributed by atoms with Crippen molar-refractivity contribution in [2.75, 3.05) is 18.2 Å². The van der Waals surface area contributed by atoms with Crippen molar-refractivity contribution in [1.29, 1.82) is 0 Å². The van der Waals surface area contributed by atoms with Crippen LogP contribution in [-0.4, -0.2) is 22.1 Å². The zero-order valence-corrected chi connectivity index (χ0v) is 11.3. The Balaban J connectivity index is 2.01. The van der Waals surface area contributed by atoms with Crippen molar-refractivity contribution in [1.82, 2.24) is 15.0 Å². The summed E-state index contributed by atoms with van der Waals surface area (Å²) < 4.78 is 5.63. The largest absolute Gasteiger partial charge is 0.481 e. The van der Waals surface area contributed by atoms with E-state index in [0.29, 0.717) is 28.8 Å². The van der Waals surface area contributed by atoms with Gasteiger partial charge in [-0.15, -0.1) is 0 Å². The van der Waals surface area contributed by atoms with Crippen LogP contribution in [0.3, 0.4) is 0 Å². The summed E-state index contributed by atoms with van der Waals surface area (Å²) in [5.74, 6) is 1.46. The monoisotopic (exact) mass is 309 g/mol. The van der Waals surface area contributed by atoms with Crippen LogP contribution in [0.15, 0.2) is 29.0 Å². The normalized spacial score (nSPS) is 10.1. The van der Waals surface area contributed by atoms with Crippen LogP contribution >= 0.6 is 15.9 Å². The standard InChI is InChI=1S/C11H12BrN5O/c1-18-10-3-2-7(5-14-10)6-15-11-16-8(12)4-9(13)17-11/h2-5H,6H2,1H3,(H3,13,15,16,17). The lowest BCUT2D eigenvalue weighted by molar-refractivity contribution is 0.397. The van der Waals surface area contributed by atoms with E-state index >= 15 is 0 Å². The van der Waals surface area contributed by atoms with Gasteiger partial charge in [0.15, 0.2) is 0 Å². The maximum Gasteiger partial charge on any atom is 0.225 e. The number of nitrogens with one attached hydrogen (secondary N) is 1. The number of anilines is 2. The van der Waals surface area contributed by atoms with Crippen molar-refractivity contribution in [2.45, 2.75) is 6.54 Å². The molecule has 0 atom stereocenters. The number of pyridine rings is 1. The molecular weight excluding hydrogens is 298 g/mol. The third kappa shape index (κ3) is 3.30. The summed E-state index contributed by atoms with van der Waals surface area (Å²) in [5.41, 5.74) is 6.61. The summed E-state index contributed by atoms with van der Waals surface area (Å²) in [5, 5.41) is 3.07. The third-order valence-corrected chi connectivity index (χ3v) is 2.58. The highest BCUT2D eigenvalue weighted by molar-refractivity contribution is 9.10. The number of methoxy groups -OCH3 is 1. The Morgan fingerprint density at radius 3 is 2.83 bits per heavy atom. The molecule has 0 spiro atoms. The Morgan fingerprint density at radius 2 is 2.22 bits per heavy atom. The summed E-state index contributed by atoms with van der Waals surface area (Å²) in [6, 6.07) is 5.35. The van der Waals surface area contributed by atoms with Crippen molar-refractivity contribution in [3.63, 3.8) is 0 Å². The molecule has 3 N–H and O–H groups in total. The maximum atomic E-state index is 5.62. The molecule has 6 nitrogen and oxygen atoms in total. The van der Waals surface area contributed by atoms with Gasteiger partial charge in [-0.2, -0.15) is 4.98 Å². The van der Waals surface area contributed by atoms with Crippen molar-refractivity contribution < 1.29 is 4.74 Å². The van der Waals surface area contributed by atoms with Crippen LogP contribution in [0.2, 0.25) is 0 Å². The van der Waals surface area contributed by atoms with E-state index < -0.39 is 0 Å². The van der Waals surface area contributed by atoms with Gasteiger partial charge in [0.2, 0.25) is 11.8 Å². The van der Waals surface area contributed by atoms with E-state index in [9.17, 15) is 0 Å². The van der Waals surface area contributed by atoms with Gasteiger partial charge in [-0.1, -0.05) is 6.07 Å². The highest BCUT2D eigenvalue weighted by Crippen LogP contribution is 2.13. The second-order valence-electron chi connectivity index (χ2n) is 3.50. The Hall–Kier alpha value is -1.89. The predicted molar refractivity (Wildman–Crippen MR) is 72.3 cm³/mol. The Labute approximate surface area is 113 Å². The number of hydrogen-bond acceptors (Lipinski definition) is 6. The molecule has 18 heavy (non-hydrogen) atoms. The van der Waals surface area contributed by atoms with Gasteiger partial charge in [-0.05, 0) is 21.5 Å². The average molecular weight is 310 g/mol. The second kappa shape index (κ2) is 5.63. The number of nitrogens with zero attached hydrogens (tertiary/aromatic N) is 3. The molecule has 0 aliphatic carbocycles. The second-order valence-corrected chi connectivity index (χ2v) is 4.31. The van der Waals surface area contributed by atoms with E-state index in [4.69, 9.17) is 10.5 Å². The molecular formula is C11H12BrN5O. The molecule has 0 aliphatic heterocycles.